The molecule has 1 amide bonds. The van der Waals surface area contributed by atoms with Crippen molar-refractivity contribution in [2.75, 3.05) is 39.3 Å². The molecule has 1 aromatic carbocycles. The molecule has 0 unspecified atom stereocenters. The first-order valence-electron chi connectivity index (χ1n) is 7.73. The van der Waals surface area contributed by atoms with E-state index in [9.17, 15) is 4.79 Å². The van der Waals surface area contributed by atoms with Crippen LogP contribution in [-0.4, -0.2) is 61.2 Å². The van der Waals surface area contributed by atoms with Crippen molar-refractivity contribution in [3.63, 3.8) is 0 Å². The Bertz CT molecular complexity index is 462. The number of nitrogens with one attached hydrogen (secondary N) is 1. The van der Waals surface area contributed by atoms with Crippen LogP contribution in [0, 0.1) is 0 Å². The summed E-state index contributed by atoms with van der Waals surface area (Å²) in [5.41, 5.74) is 1.03. The number of benzene rings is 1. The van der Waals surface area contributed by atoms with Crippen LogP contribution in [0.15, 0.2) is 30.3 Å². The highest BCUT2D eigenvalue weighted by molar-refractivity contribution is 5.85. The van der Waals surface area contributed by atoms with Crippen LogP contribution in [0.2, 0.25) is 0 Å². The maximum absolute atomic E-state index is 12.1. The zero-order valence-electron chi connectivity index (χ0n) is 13.1. The maximum atomic E-state index is 12.1. The quantitative estimate of drug-likeness (QED) is 0.895. The highest BCUT2D eigenvalue weighted by Gasteiger charge is 2.28. The largest absolute Gasteiger partial charge is 0.445 e. The molecule has 0 bridgehead atoms. The number of rotatable bonds is 3. The molecule has 0 radical (unpaired) electrons. The number of nitrogens with zero attached hydrogens (tertiary/aromatic N) is 2. The smallest absolute Gasteiger partial charge is 0.410 e. The van der Waals surface area contributed by atoms with Gasteiger partial charge in [0.15, 0.2) is 0 Å². The van der Waals surface area contributed by atoms with E-state index in [1.54, 1.807) is 0 Å². The van der Waals surface area contributed by atoms with E-state index < -0.39 is 0 Å². The molecule has 3 rings (SSSR count). The number of ether oxygens (including phenoxy) is 1. The molecule has 5 nitrogen and oxygen atoms in total. The van der Waals surface area contributed by atoms with Crippen LogP contribution < -0.4 is 5.32 Å². The van der Waals surface area contributed by atoms with Gasteiger partial charge in [-0.25, -0.2) is 4.79 Å². The van der Waals surface area contributed by atoms with E-state index in [4.69, 9.17) is 4.74 Å². The molecule has 130 valence electrons. The number of halogens is 2. The summed E-state index contributed by atoms with van der Waals surface area (Å²) in [6.07, 6.45) is 1.03. The zero-order chi connectivity index (χ0) is 14.5. The third kappa shape index (κ3) is 5.53. The SMILES string of the molecule is Cl.Cl.O=C(OCc1ccccc1)N1CCN([C@H]2CCNC2)CC1. The van der Waals surface area contributed by atoms with Crippen LogP contribution in [0.3, 0.4) is 0 Å². The Hall–Kier alpha value is -1.01. The molecule has 2 saturated heterocycles. The van der Waals surface area contributed by atoms with Gasteiger partial charge >= 0.3 is 6.09 Å². The molecule has 2 heterocycles. The van der Waals surface area contributed by atoms with E-state index in [1.807, 2.05) is 35.2 Å². The number of carbonyl (C=O) groups excluding carboxylic acids is 1. The summed E-state index contributed by atoms with van der Waals surface area (Å²) in [7, 11) is 0. The van der Waals surface area contributed by atoms with Gasteiger partial charge in [-0.05, 0) is 18.5 Å². The predicted molar refractivity (Wildman–Crippen MR) is 95.5 cm³/mol. The van der Waals surface area contributed by atoms with Crippen molar-refractivity contribution in [3.8, 4) is 0 Å². The second kappa shape index (κ2) is 9.98. The van der Waals surface area contributed by atoms with Crippen molar-refractivity contribution in [2.24, 2.45) is 0 Å². The fraction of sp³-hybridized carbons (Fsp3) is 0.562. The lowest BCUT2D eigenvalue weighted by atomic mass is 10.2. The second-order valence-electron chi connectivity index (χ2n) is 5.71. The van der Waals surface area contributed by atoms with Crippen LogP contribution >= 0.6 is 24.8 Å². The minimum absolute atomic E-state index is 0. The van der Waals surface area contributed by atoms with Gasteiger partial charge in [-0.15, -0.1) is 24.8 Å². The lowest BCUT2D eigenvalue weighted by Gasteiger charge is -2.37. The lowest BCUT2D eigenvalue weighted by molar-refractivity contribution is 0.0622. The molecule has 1 N–H and O–H groups in total. The molecule has 23 heavy (non-hydrogen) atoms. The van der Waals surface area contributed by atoms with Gasteiger partial charge in [-0.3, -0.25) is 4.90 Å². The Labute approximate surface area is 150 Å². The van der Waals surface area contributed by atoms with Gasteiger partial charge in [0.2, 0.25) is 0 Å². The number of hydrogen-bond donors (Lipinski definition) is 1. The fourth-order valence-electron chi connectivity index (χ4n) is 3.03. The number of hydrogen-bond acceptors (Lipinski definition) is 4. The summed E-state index contributed by atoms with van der Waals surface area (Å²) in [4.78, 5) is 16.4. The fourth-order valence-corrected chi connectivity index (χ4v) is 3.03. The predicted octanol–water partition coefficient (Wildman–Crippen LogP) is 2.15. The first kappa shape index (κ1) is 20.0. The van der Waals surface area contributed by atoms with Crippen molar-refractivity contribution in [3.05, 3.63) is 35.9 Å². The molecule has 2 aliphatic rings. The standard InChI is InChI=1S/C16H23N3O2.2ClH/c20-16(21-13-14-4-2-1-3-5-14)19-10-8-18(9-11-19)15-6-7-17-12-15;;/h1-5,15,17H,6-13H2;2*1H/t15-;;/m0../s1. The normalized spacial score (nSPS) is 21.2. The number of piperazine rings is 1. The molecule has 7 heteroatoms. The van der Waals surface area contributed by atoms with Crippen molar-refractivity contribution in [2.45, 2.75) is 19.1 Å². The highest BCUT2D eigenvalue weighted by atomic mass is 35.5. The first-order valence-corrected chi connectivity index (χ1v) is 7.73. The maximum Gasteiger partial charge on any atom is 0.410 e. The van der Waals surface area contributed by atoms with E-state index in [0.717, 1.165) is 44.8 Å². The minimum atomic E-state index is -0.192. The molecule has 2 aliphatic heterocycles. The van der Waals surface area contributed by atoms with Crippen molar-refractivity contribution in [1.82, 2.24) is 15.1 Å². The molecule has 0 spiro atoms. The molecular formula is C16H25Cl2N3O2. The second-order valence-corrected chi connectivity index (χ2v) is 5.71. The summed E-state index contributed by atoms with van der Waals surface area (Å²) in [6.45, 7) is 5.99. The molecule has 0 saturated carbocycles. The van der Waals surface area contributed by atoms with Crippen molar-refractivity contribution < 1.29 is 9.53 Å². The van der Waals surface area contributed by atoms with E-state index >= 15 is 0 Å². The average Bonchev–Trinajstić information content (AvgIpc) is 3.08. The first-order chi connectivity index (χ1) is 10.3. The van der Waals surface area contributed by atoms with E-state index in [0.29, 0.717) is 12.6 Å². The van der Waals surface area contributed by atoms with Gasteiger partial charge in [-0.1, -0.05) is 30.3 Å². The monoisotopic (exact) mass is 361 g/mol. The van der Waals surface area contributed by atoms with Crippen molar-refractivity contribution >= 4 is 30.9 Å². The Kier molecular flexibility index (Phi) is 8.69. The van der Waals surface area contributed by atoms with Crippen molar-refractivity contribution in [1.29, 1.82) is 0 Å². The van der Waals surface area contributed by atoms with Crippen LogP contribution in [-0.2, 0) is 11.3 Å². The summed E-state index contributed by atoms with van der Waals surface area (Å²) >= 11 is 0. The zero-order valence-corrected chi connectivity index (χ0v) is 14.8. The van der Waals surface area contributed by atoms with Crippen LogP contribution in [0.4, 0.5) is 4.79 Å². The average molecular weight is 362 g/mol. The van der Waals surface area contributed by atoms with Crippen LogP contribution in [0.5, 0.6) is 0 Å². The van der Waals surface area contributed by atoms with Gasteiger partial charge in [0.25, 0.3) is 0 Å². The van der Waals surface area contributed by atoms with Gasteiger partial charge in [-0.2, -0.15) is 0 Å². The highest BCUT2D eigenvalue weighted by Crippen LogP contribution is 2.13. The third-order valence-corrected chi connectivity index (χ3v) is 4.33. The summed E-state index contributed by atoms with van der Waals surface area (Å²) in [5.74, 6) is 0. The molecule has 1 aromatic rings. The summed E-state index contributed by atoms with van der Waals surface area (Å²) in [6, 6.07) is 10.5. The Morgan fingerprint density at radius 3 is 2.43 bits per heavy atom. The topological polar surface area (TPSA) is 44.8 Å². The molecule has 1 atom stereocenters. The van der Waals surface area contributed by atoms with Gasteiger partial charge in [0.1, 0.15) is 6.61 Å². The lowest BCUT2D eigenvalue weighted by Crippen LogP contribution is -2.52. The Morgan fingerprint density at radius 2 is 1.83 bits per heavy atom. The van der Waals surface area contributed by atoms with Gasteiger partial charge in [0.05, 0.1) is 0 Å². The van der Waals surface area contributed by atoms with E-state index in [2.05, 4.69) is 10.2 Å². The molecule has 0 aliphatic carbocycles. The Balaban J connectivity index is 0.00000132. The van der Waals surface area contributed by atoms with E-state index in [-0.39, 0.29) is 30.9 Å². The summed E-state index contributed by atoms with van der Waals surface area (Å²) in [5, 5.41) is 3.40. The minimum Gasteiger partial charge on any atom is -0.445 e. The summed E-state index contributed by atoms with van der Waals surface area (Å²) < 4.78 is 5.38. The molecule has 0 aromatic heterocycles. The molecular weight excluding hydrogens is 337 g/mol. The number of amides is 1. The van der Waals surface area contributed by atoms with Crippen LogP contribution in [0.25, 0.3) is 0 Å². The van der Waals surface area contributed by atoms with Gasteiger partial charge in [0, 0.05) is 38.8 Å². The third-order valence-electron chi connectivity index (χ3n) is 4.33. The van der Waals surface area contributed by atoms with Gasteiger partial charge < -0.3 is 15.0 Å². The Morgan fingerprint density at radius 1 is 1.13 bits per heavy atom. The number of carbonyl (C=O) groups is 1. The molecule has 2 fully saturated rings. The van der Waals surface area contributed by atoms with E-state index in [1.165, 1.54) is 6.42 Å². The van der Waals surface area contributed by atoms with Crippen LogP contribution in [0.1, 0.15) is 12.0 Å².